The van der Waals surface area contributed by atoms with Crippen molar-refractivity contribution in [3.05, 3.63) is 30.0 Å². The molecule has 7 heteroatoms. The van der Waals surface area contributed by atoms with Crippen LogP contribution in [0.1, 0.15) is 40.2 Å². The molecule has 0 saturated carbocycles. The quantitative estimate of drug-likeness (QED) is 0.750. The van der Waals surface area contributed by atoms with Crippen molar-refractivity contribution in [3.63, 3.8) is 0 Å². The summed E-state index contributed by atoms with van der Waals surface area (Å²) < 4.78 is 12.6. The molecule has 0 aliphatic heterocycles. The number of fused-ring (bicyclic) bond motifs is 1. The fraction of sp³-hybridized carbons (Fsp3) is 0.524. The zero-order valence-electron chi connectivity index (χ0n) is 17.4. The van der Waals surface area contributed by atoms with E-state index in [1.807, 2.05) is 24.4 Å². The van der Waals surface area contributed by atoms with Crippen molar-refractivity contribution in [1.29, 1.82) is 0 Å². The third kappa shape index (κ3) is 5.65. The maximum absolute atomic E-state index is 12.1. The Bertz CT molecular complexity index is 848. The lowest BCUT2D eigenvalue weighted by Gasteiger charge is -2.22. The Labute approximate surface area is 165 Å². The van der Waals surface area contributed by atoms with Gasteiger partial charge in [-0.2, -0.15) is 0 Å². The molecule has 1 aromatic heterocycles. The molecule has 2 rings (SSSR count). The van der Waals surface area contributed by atoms with Gasteiger partial charge in [-0.3, -0.25) is 0 Å². The summed E-state index contributed by atoms with van der Waals surface area (Å²) in [5.41, 5.74) is 1.14. The van der Waals surface area contributed by atoms with Gasteiger partial charge in [0, 0.05) is 30.1 Å². The molecule has 0 aliphatic carbocycles. The fourth-order valence-corrected chi connectivity index (χ4v) is 3.05. The van der Waals surface area contributed by atoms with E-state index >= 15 is 0 Å². The second-order valence-corrected chi connectivity index (χ2v) is 8.32. The lowest BCUT2D eigenvalue weighted by Crippen LogP contribution is -2.44. The third-order valence-corrected chi connectivity index (χ3v) is 4.15. The number of amides is 1. The van der Waals surface area contributed by atoms with E-state index in [4.69, 9.17) is 9.47 Å². The maximum atomic E-state index is 12.1. The Morgan fingerprint density at radius 2 is 1.93 bits per heavy atom. The number of nitrogens with zero attached hydrogens (tertiary/aromatic N) is 1. The van der Waals surface area contributed by atoms with Gasteiger partial charge in [0.25, 0.3) is 0 Å². The Kier molecular flexibility index (Phi) is 6.59. The number of hydrogen-bond donors (Lipinski definition) is 2. The molecule has 1 amide bonds. The van der Waals surface area contributed by atoms with Gasteiger partial charge in [0.2, 0.25) is 0 Å². The predicted octanol–water partition coefficient (Wildman–Crippen LogP) is 3.83. The average molecular weight is 390 g/mol. The largest absolute Gasteiger partial charge is 0.497 e. The molecule has 0 radical (unpaired) electrons. The van der Waals surface area contributed by atoms with Crippen LogP contribution < -0.4 is 10.1 Å². The van der Waals surface area contributed by atoms with Crippen LogP contribution in [0.4, 0.5) is 4.79 Å². The molecule has 0 saturated heterocycles. The number of nitrogens with one attached hydrogen (secondary N) is 1. The van der Waals surface area contributed by atoms with Crippen molar-refractivity contribution in [1.82, 2.24) is 9.88 Å². The molecule has 7 nitrogen and oxygen atoms in total. The molecule has 1 aromatic carbocycles. The molecular weight excluding hydrogens is 360 g/mol. The number of carboxylic acid groups (broad SMARTS) is 1. The van der Waals surface area contributed by atoms with Gasteiger partial charge in [0.05, 0.1) is 7.11 Å². The summed E-state index contributed by atoms with van der Waals surface area (Å²) in [4.78, 5) is 23.8. The second-order valence-electron chi connectivity index (χ2n) is 8.32. The number of methoxy groups -OCH3 is 1. The summed E-state index contributed by atoms with van der Waals surface area (Å²) in [6.45, 7) is 10.2. The van der Waals surface area contributed by atoms with Gasteiger partial charge in [-0.25, -0.2) is 9.59 Å². The van der Waals surface area contributed by atoms with Crippen molar-refractivity contribution >= 4 is 23.0 Å². The SMILES string of the molecule is COc1ccc2c(c1)c(CC(NC(=O)OC(C)(C)C)C(=O)O)cn2CC(C)C. The summed E-state index contributed by atoms with van der Waals surface area (Å²) in [6, 6.07) is 4.65. The lowest BCUT2D eigenvalue weighted by molar-refractivity contribution is -0.139. The molecule has 0 spiro atoms. The molecular formula is C21H30N2O5. The van der Waals surface area contributed by atoms with Crippen LogP contribution in [0.15, 0.2) is 24.4 Å². The van der Waals surface area contributed by atoms with Crippen LogP contribution in [0.25, 0.3) is 10.9 Å². The topological polar surface area (TPSA) is 89.8 Å². The molecule has 2 N–H and O–H groups in total. The average Bonchev–Trinajstić information content (AvgIpc) is 2.88. The minimum Gasteiger partial charge on any atom is -0.497 e. The number of carbonyl (C=O) groups is 2. The van der Waals surface area contributed by atoms with E-state index in [0.717, 1.165) is 23.0 Å². The van der Waals surface area contributed by atoms with Crippen LogP contribution in [-0.2, 0) is 22.5 Å². The highest BCUT2D eigenvalue weighted by molar-refractivity contribution is 5.87. The van der Waals surface area contributed by atoms with Crippen LogP contribution in [-0.4, -0.2) is 40.5 Å². The highest BCUT2D eigenvalue weighted by Crippen LogP contribution is 2.28. The van der Waals surface area contributed by atoms with Crippen LogP contribution in [0.5, 0.6) is 5.75 Å². The van der Waals surface area contributed by atoms with Crippen LogP contribution in [0.3, 0.4) is 0 Å². The Hall–Kier alpha value is -2.70. The molecule has 0 aliphatic rings. The molecule has 0 fully saturated rings. The van der Waals surface area contributed by atoms with Gasteiger partial charge in [-0.05, 0) is 50.5 Å². The van der Waals surface area contributed by atoms with Gasteiger partial charge < -0.3 is 24.5 Å². The molecule has 2 aromatic rings. The summed E-state index contributed by atoms with van der Waals surface area (Å²) in [6.07, 6.45) is 1.35. The highest BCUT2D eigenvalue weighted by atomic mass is 16.6. The number of carbonyl (C=O) groups excluding carboxylic acids is 1. The maximum Gasteiger partial charge on any atom is 0.408 e. The highest BCUT2D eigenvalue weighted by Gasteiger charge is 2.25. The van der Waals surface area contributed by atoms with Crippen LogP contribution in [0.2, 0.25) is 0 Å². The number of benzene rings is 1. The minimum absolute atomic E-state index is 0.142. The first-order valence-electron chi connectivity index (χ1n) is 9.38. The Morgan fingerprint density at radius 1 is 1.25 bits per heavy atom. The first-order valence-corrected chi connectivity index (χ1v) is 9.38. The van der Waals surface area contributed by atoms with Crippen molar-refractivity contribution in [2.24, 2.45) is 5.92 Å². The summed E-state index contributed by atoms with van der Waals surface area (Å²) in [5, 5.41) is 13.0. The number of aliphatic carboxylic acids is 1. The molecule has 28 heavy (non-hydrogen) atoms. The first-order chi connectivity index (χ1) is 13.0. The summed E-state index contributed by atoms with van der Waals surface area (Å²) in [5.74, 6) is 0.0160. The zero-order valence-corrected chi connectivity index (χ0v) is 17.4. The molecule has 1 heterocycles. The standard InChI is InChI=1S/C21H30N2O5/c1-13(2)11-23-12-14(16-10-15(27-6)7-8-18(16)23)9-17(19(24)25)22-20(26)28-21(3,4)5/h7-8,10,12-13,17H,9,11H2,1-6H3,(H,22,26)(H,24,25). The summed E-state index contributed by atoms with van der Waals surface area (Å²) in [7, 11) is 1.59. The predicted molar refractivity (Wildman–Crippen MR) is 108 cm³/mol. The Morgan fingerprint density at radius 3 is 2.46 bits per heavy atom. The van der Waals surface area contributed by atoms with E-state index in [1.54, 1.807) is 27.9 Å². The van der Waals surface area contributed by atoms with Crippen molar-refractivity contribution in [2.75, 3.05) is 7.11 Å². The smallest absolute Gasteiger partial charge is 0.408 e. The van der Waals surface area contributed by atoms with Crippen molar-refractivity contribution in [3.8, 4) is 5.75 Å². The van der Waals surface area contributed by atoms with E-state index in [2.05, 4.69) is 23.7 Å². The second kappa shape index (κ2) is 8.54. The molecule has 1 atom stereocenters. The number of ether oxygens (including phenoxy) is 2. The minimum atomic E-state index is -1.11. The normalized spacial score (nSPS) is 12.8. The zero-order chi connectivity index (χ0) is 21.1. The van der Waals surface area contributed by atoms with Gasteiger partial charge in [0.15, 0.2) is 0 Å². The van der Waals surface area contributed by atoms with Gasteiger partial charge in [-0.1, -0.05) is 13.8 Å². The number of hydrogen-bond acceptors (Lipinski definition) is 4. The van der Waals surface area contributed by atoms with E-state index in [-0.39, 0.29) is 6.42 Å². The Balaban J connectivity index is 2.35. The lowest BCUT2D eigenvalue weighted by atomic mass is 10.0. The summed E-state index contributed by atoms with van der Waals surface area (Å²) >= 11 is 0. The van der Waals surface area contributed by atoms with E-state index < -0.39 is 23.7 Å². The van der Waals surface area contributed by atoms with Gasteiger partial charge >= 0.3 is 12.1 Å². The van der Waals surface area contributed by atoms with E-state index in [0.29, 0.717) is 11.7 Å². The third-order valence-electron chi connectivity index (χ3n) is 4.15. The van der Waals surface area contributed by atoms with Gasteiger partial charge in [-0.15, -0.1) is 0 Å². The van der Waals surface area contributed by atoms with Crippen LogP contribution >= 0.6 is 0 Å². The number of alkyl carbamates (subject to hydrolysis) is 1. The fourth-order valence-electron chi connectivity index (χ4n) is 3.05. The molecule has 154 valence electrons. The number of rotatable bonds is 7. The van der Waals surface area contributed by atoms with E-state index in [9.17, 15) is 14.7 Å². The van der Waals surface area contributed by atoms with Crippen molar-refractivity contribution < 1.29 is 24.2 Å². The van der Waals surface area contributed by atoms with E-state index in [1.165, 1.54) is 0 Å². The van der Waals surface area contributed by atoms with Crippen LogP contribution in [0, 0.1) is 5.92 Å². The number of carboxylic acids is 1. The number of aromatic nitrogens is 1. The van der Waals surface area contributed by atoms with Crippen molar-refractivity contribution in [2.45, 2.75) is 59.2 Å². The van der Waals surface area contributed by atoms with Gasteiger partial charge in [0.1, 0.15) is 17.4 Å². The first kappa shape index (κ1) is 21.6. The molecule has 1 unspecified atom stereocenters. The monoisotopic (exact) mass is 390 g/mol. The molecule has 0 bridgehead atoms.